The Balaban J connectivity index is 1.62. The lowest BCUT2D eigenvalue weighted by molar-refractivity contribution is 0.0391. The standard InChI is InChI=1S/C15H16F2N4O3/c1-23-13-10(17)4-3-9(16)12(13)15(22)18-6-8-2-5-11(24-8)14-19-7-20-21-14/h3-4,7-8,11H,2,5-6H2,1H3,(H,18,22)(H,19,20,21)/t8-,11+/m1/s1. The van der Waals surface area contributed by atoms with Crippen LogP contribution in [0.4, 0.5) is 8.78 Å². The van der Waals surface area contributed by atoms with Gasteiger partial charge in [0.25, 0.3) is 5.91 Å². The van der Waals surface area contributed by atoms with E-state index < -0.39 is 28.9 Å². The van der Waals surface area contributed by atoms with Gasteiger partial charge in [-0.15, -0.1) is 0 Å². The Bertz CT molecular complexity index is 724. The van der Waals surface area contributed by atoms with E-state index in [2.05, 4.69) is 20.5 Å². The molecule has 1 amide bonds. The van der Waals surface area contributed by atoms with Crippen molar-refractivity contribution in [2.45, 2.75) is 25.0 Å². The van der Waals surface area contributed by atoms with Crippen LogP contribution < -0.4 is 10.1 Å². The molecular weight excluding hydrogens is 322 g/mol. The van der Waals surface area contributed by atoms with Gasteiger partial charge in [0.2, 0.25) is 0 Å². The van der Waals surface area contributed by atoms with Gasteiger partial charge in [0.05, 0.1) is 13.2 Å². The van der Waals surface area contributed by atoms with Crippen LogP contribution in [0.3, 0.4) is 0 Å². The number of carbonyl (C=O) groups excluding carboxylic acids is 1. The number of benzene rings is 1. The summed E-state index contributed by atoms with van der Waals surface area (Å²) in [5.41, 5.74) is -0.456. The molecule has 24 heavy (non-hydrogen) atoms. The molecule has 2 N–H and O–H groups in total. The van der Waals surface area contributed by atoms with E-state index in [-0.39, 0.29) is 18.8 Å². The summed E-state index contributed by atoms with van der Waals surface area (Å²) in [5.74, 6) is -2.19. The predicted molar refractivity (Wildman–Crippen MR) is 78.5 cm³/mol. The van der Waals surface area contributed by atoms with E-state index in [4.69, 9.17) is 9.47 Å². The lowest BCUT2D eigenvalue weighted by Gasteiger charge is -2.14. The molecule has 0 bridgehead atoms. The number of ether oxygens (including phenoxy) is 2. The van der Waals surface area contributed by atoms with Gasteiger partial charge in [-0.05, 0) is 25.0 Å². The molecule has 2 atom stereocenters. The molecule has 3 rings (SSSR count). The second-order valence-corrected chi connectivity index (χ2v) is 5.34. The smallest absolute Gasteiger partial charge is 0.258 e. The van der Waals surface area contributed by atoms with Crippen LogP contribution in [-0.2, 0) is 4.74 Å². The van der Waals surface area contributed by atoms with E-state index in [1.165, 1.54) is 13.4 Å². The Morgan fingerprint density at radius 1 is 1.42 bits per heavy atom. The van der Waals surface area contributed by atoms with Crippen molar-refractivity contribution in [3.8, 4) is 5.75 Å². The normalized spacial score (nSPS) is 20.1. The zero-order chi connectivity index (χ0) is 17.1. The molecule has 0 saturated carbocycles. The van der Waals surface area contributed by atoms with Gasteiger partial charge in [-0.2, -0.15) is 5.10 Å². The Morgan fingerprint density at radius 3 is 2.92 bits per heavy atom. The van der Waals surface area contributed by atoms with E-state index in [9.17, 15) is 13.6 Å². The van der Waals surface area contributed by atoms with Crippen molar-refractivity contribution in [3.05, 3.63) is 41.5 Å². The quantitative estimate of drug-likeness (QED) is 0.867. The predicted octanol–water partition coefficient (Wildman–Crippen LogP) is 1.74. The van der Waals surface area contributed by atoms with Gasteiger partial charge < -0.3 is 14.8 Å². The lowest BCUT2D eigenvalue weighted by Crippen LogP contribution is -2.32. The van der Waals surface area contributed by atoms with Gasteiger partial charge in [-0.25, -0.2) is 13.8 Å². The van der Waals surface area contributed by atoms with Gasteiger partial charge in [0, 0.05) is 6.54 Å². The second-order valence-electron chi connectivity index (χ2n) is 5.34. The van der Waals surface area contributed by atoms with Crippen molar-refractivity contribution in [2.24, 2.45) is 0 Å². The molecule has 128 valence electrons. The number of hydrogen-bond acceptors (Lipinski definition) is 5. The van der Waals surface area contributed by atoms with Crippen LogP contribution in [0.5, 0.6) is 5.75 Å². The fraction of sp³-hybridized carbons (Fsp3) is 0.400. The highest BCUT2D eigenvalue weighted by Crippen LogP contribution is 2.30. The molecule has 9 heteroatoms. The summed E-state index contributed by atoms with van der Waals surface area (Å²) in [7, 11) is 1.18. The first-order valence-corrected chi connectivity index (χ1v) is 7.41. The average molecular weight is 338 g/mol. The molecule has 0 aliphatic carbocycles. The minimum Gasteiger partial charge on any atom is -0.493 e. The van der Waals surface area contributed by atoms with Crippen LogP contribution in [-0.4, -0.2) is 40.8 Å². The maximum absolute atomic E-state index is 13.9. The van der Waals surface area contributed by atoms with Gasteiger partial charge >= 0.3 is 0 Å². The molecule has 1 aliphatic heterocycles. The second kappa shape index (κ2) is 6.91. The van der Waals surface area contributed by atoms with Crippen molar-refractivity contribution >= 4 is 5.91 Å². The van der Waals surface area contributed by atoms with E-state index in [0.29, 0.717) is 12.2 Å². The highest BCUT2D eigenvalue weighted by atomic mass is 19.1. The van der Waals surface area contributed by atoms with Crippen LogP contribution in [0.25, 0.3) is 0 Å². The summed E-state index contributed by atoms with van der Waals surface area (Å²) >= 11 is 0. The van der Waals surface area contributed by atoms with E-state index >= 15 is 0 Å². The number of H-pyrrole nitrogens is 1. The molecule has 2 aromatic rings. The van der Waals surface area contributed by atoms with E-state index in [0.717, 1.165) is 18.6 Å². The Hall–Kier alpha value is -2.55. The number of carbonyl (C=O) groups is 1. The summed E-state index contributed by atoms with van der Waals surface area (Å²) in [6.45, 7) is 0.169. The number of aromatic amines is 1. The monoisotopic (exact) mass is 338 g/mol. The number of methoxy groups -OCH3 is 1. The first-order valence-electron chi connectivity index (χ1n) is 7.41. The first kappa shape index (κ1) is 16.3. The fourth-order valence-electron chi connectivity index (χ4n) is 2.67. The molecule has 1 aliphatic rings. The molecular formula is C15H16F2N4O3. The topological polar surface area (TPSA) is 89.1 Å². The minimum absolute atomic E-state index is 0.169. The molecule has 2 heterocycles. The number of halogens is 2. The van der Waals surface area contributed by atoms with E-state index in [1.54, 1.807) is 0 Å². The Kier molecular flexibility index (Phi) is 4.70. The molecule has 1 aromatic heterocycles. The Labute approximate surface area is 136 Å². The third-order valence-electron chi connectivity index (χ3n) is 3.83. The van der Waals surface area contributed by atoms with Crippen LogP contribution in [0.1, 0.15) is 35.1 Å². The number of aromatic nitrogens is 3. The average Bonchev–Trinajstić information content (AvgIpc) is 3.25. The Morgan fingerprint density at radius 2 is 2.21 bits per heavy atom. The summed E-state index contributed by atoms with van der Waals surface area (Å²) in [6, 6.07) is 1.80. The third-order valence-corrected chi connectivity index (χ3v) is 3.83. The molecule has 7 nitrogen and oxygen atoms in total. The van der Waals surface area contributed by atoms with Gasteiger partial charge in [0.1, 0.15) is 23.8 Å². The third kappa shape index (κ3) is 3.21. The van der Waals surface area contributed by atoms with Crippen molar-refractivity contribution in [3.63, 3.8) is 0 Å². The number of rotatable bonds is 5. The molecule has 0 unspecified atom stereocenters. The number of nitrogens with zero attached hydrogens (tertiary/aromatic N) is 2. The number of hydrogen-bond donors (Lipinski definition) is 2. The van der Waals surface area contributed by atoms with Crippen LogP contribution in [0, 0.1) is 11.6 Å². The summed E-state index contributed by atoms with van der Waals surface area (Å²) in [4.78, 5) is 16.2. The lowest BCUT2D eigenvalue weighted by atomic mass is 10.1. The largest absolute Gasteiger partial charge is 0.493 e. The first-order chi connectivity index (χ1) is 11.6. The van der Waals surface area contributed by atoms with Crippen LogP contribution in [0.2, 0.25) is 0 Å². The maximum atomic E-state index is 13.9. The maximum Gasteiger partial charge on any atom is 0.258 e. The number of nitrogens with one attached hydrogen (secondary N) is 2. The highest BCUT2D eigenvalue weighted by molar-refractivity contribution is 5.97. The van der Waals surface area contributed by atoms with Crippen molar-refractivity contribution in [1.29, 1.82) is 0 Å². The van der Waals surface area contributed by atoms with Crippen LogP contribution in [0.15, 0.2) is 18.5 Å². The molecule has 0 radical (unpaired) electrons. The zero-order valence-electron chi connectivity index (χ0n) is 12.9. The summed E-state index contributed by atoms with van der Waals surface area (Å²) in [5, 5.41) is 9.06. The molecule has 1 aromatic carbocycles. The van der Waals surface area contributed by atoms with Crippen molar-refractivity contribution in [1.82, 2.24) is 20.5 Å². The molecule has 0 spiro atoms. The summed E-state index contributed by atoms with van der Waals surface area (Å²) < 4.78 is 38.0. The fourth-order valence-corrected chi connectivity index (χ4v) is 2.67. The zero-order valence-corrected chi connectivity index (χ0v) is 12.9. The summed E-state index contributed by atoms with van der Waals surface area (Å²) in [6.07, 6.45) is 2.37. The molecule has 1 fully saturated rings. The van der Waals surface area contributed by atoms with Crippen molar-refractivity contribution < 1.29 is 23.0 Å². The van der Waals surface area contributed by atoms with Crippen molar-refractivity contribution in [2.75, 3.05) is 13.7 Å². The van der Waals surface area contributed by atoms with Gasteiger partial charge in [0.15, 0.2) is 17.4 Å². The van der Waals surface area contributed by atoms with E-state index in [1.807, 2.05) is 0 Å². The molecule has 1 saturated heterocycles. The highest BCUT2D eigenvalue weighted by Gasteiger charge is 2.29. The van der Waals surface area contributed by atoms with Gasteiger partial charge in [-0.1, -0.05) is 0 Å². The SMILES string of the molecule is COc1c(F)ccc(F)c1C(=O)NC[C@H]1CC[C@@H](c2ncn[nH]2)O1. The minimum atomic E-state index is -0.849. The number of amides is 1. The van der Waals surface area contributed by atoms with Crippen LogP contribution >= 0.6 is 0 Å². The van der Waals surface area contributed by atoms with Gasteiger partial charge in [-0.3, -0.25) is 9.89 Å².